The molecule has 0 spiro atoms. The summed E-state index contributed by atoms with van der Waals surface area (Å²) in [6.07, 6.45) is 0.428. The Morgan fingerprint density at radius 1 is 1.35 bits per heavy atom. The first-order valence-electron chi connectivity index (χ1n) is 6.20. The lowest BCUT2D eigenvalue weighted by Crippen LogP contribution is -2.34. The Kier molecular flexibility index (Phi) is 5.42. The maximum absolute atomic E-state index is 11.4. The normalized spacial score (nSPS) is 12.9. The molecule has 0 heterocycles. The SMILES string of the molecule is COc1ccc(C(N)CC(C)(C)C(N)=O)c(OC)c1Br. The van der Waals surface area contributed by atoms with Gasteiger partial charge in [0.05, 0.1) is 14.2 Å². The van der Waals surface area contributed by atoms with E-state index in [1.165, 1.54) is 0 Å². The first-order chi connectivity index (χ1) is 9.24. The van der Waals surface area contributed by atoms with Crippen molar-refractivity contribution in [1.29, 1.82) is 0 Å². The van der Waals surface area contributed by atoms with E-state index in [1.807, 2.05) is 6.07 Å². The topological polar surface area (TPSA) is 87.6 Å². The first kappa shape index (κ1) is 16.8. The maximum atomic E-state index is 11.4. The number of nitrogens with two attached hydrogens (primary N) is 2. The number of primary amides is 1. The van der Waals surface area contributed by atoms with Crippen molar-refractivity contribution >= 4 is 21.8 Å². The largest absolute Gasteiger partial charge is 0.495 e. The molecule has 0 saturated carbocycles. The summed E-state index contributed by atoms with van der Waals surface area (Å²) in [6.45, 7) is 3.56. The van der Waals surface area contributed by atoms with Crippen molar-refractivity contribution in [3.8, 4) is 11.5 Å². The van der Waals surface area contributed by atoms with Crippen LogP contribution >= 0.6 is 15.9 Å². The number of carbonyl (C=O) groups is 1. The molecule has 0 aliphatic rings. The summed E-state index contributed by atoms with van der Waals surface area (Å²) in [5, 5.41) is 0. The van der Waals surface area contributed by atoms with Crippen molar-refractivity contribution in [3.63, 3.8) is 0 Å². The van der Waals surface area contributed by atoms with Gasteiger partial charge in [-0.1, -0.05) is 13.8 Å². The van der Waals surface area contributed by atoms with Crippen LogP contribution in [-0.2, 0) is 4.79 Å². The Morgan fingerprint density at radius 2 is 1.95 bits per heavy atom. The number of rotatable bonds is 6. The lowest BCUT2D eigenvalue weighted by atomic mass is 9.83. The lowest BCUT2D eigenvalue weighted by Gasteiger charge is -2.26. The molecule has 1 aromatic rings. The third kappa shape index (κ3) is 3.43. The van der Waals surface area contributed by atoms with Crippen LogP contribution in [0.1, 0.15) is 31.9 Å². The van der Waals surface area contributed by atoms with E-state index in [1.54, 1.807) is 34.1 Å². The quantitative estimate of drug-likeness (QED) is 0.829. The molecule has 0 radical (unpaired) electrons. The smallest absolute Gasteiger partial charge is 0.223 e. The zero-order chi connectivity index (χ0) is 15.5. The molecule has 0 aliphatic heterocycles. The fraction of sp³-hybridized carbons (Fsp3) is 0.500. The van der Waals surface area contributed by atoms with Crippen LogP contribution in [0.15, 0.2) is 16.6 Å². The highest BCUT2D eigenvalue weighted by Crippen LogP contribution is 2.41. The van der Waals surface area contributed by atoms with E-state index in [9.17, 15) is 4.79 Å². The van der Waals surface area contributed by atoms with Gasteiger partial charge in [-0.3, -0.25) is 4.79 Å². The number of hydrogen-bond acceptors (Lipinski definition) is 4. The number of methoxy groups -OCH3 is 2. The number of carbonyl (C=O) groups excluding carboxylic acids is 1. The lowest BCUT2D eigenvalue weighted by molar-refractivity contribution is -0.126. The van der Waals surface area contributed by atoms with Crippen molar-refractivity contribution in [1.82, 2.24) is 0 Å². The molecule has 20 heavy (non-hydrogen) atoms. The highest BCUT2D eigenvalue weighted by Gasteiger charge is 2.30. The molecule has 0 aliphatic carbocycles. The predicted octanol–water partition coefficient (Wildman–Crippen LogP) is 2.37. The Balaban J connectivity index is 3.14. The molecule has 0 fully saturated rings. The van der Waals surface area contributed by atoms with Crippen LogP contribution in [0.5, 0.6) is 11.5 Å². The Labute approximate surface area is 127 Å². The van der Waals surface area contributed by atoms with Crippen LogP contribution in [-0.4, -0.2) is 20.1 Å². The van der Waals surface area contributed by atoms with Gasteiger partial charge in [-0.05, 0) is 34.5 Å². The number of halogens is 1. The maximum Gasteiger partial charge on any atom is 0.223 e. The third-order valence-electron chi connectivity index (χ3n) is 3.31. The van der Waals surface area contributed by atoms with Gasteiger partial charge < -0.3 is 20.9 Å². The summed E-state index contributed by atoms with van der Waals surface area (Å²) in [5.74, 6) is 0.892. The first-order valence-corrected chi connectivity index (χ1v) is 6.99. The summed E-state index contributed by atoms with van der Waals surface area (Å²) >= 11 is 3.43. The number of ether oxygens (including phenoxy) is 2. The number of benzene rings is 1. The summed E-state index contributed by atoms with van der Waals surface area (Å²) < 4.78 is 11.3. The van der Waals surface area contributed by atoms with Gasteiger partial charge in [0, 0.05) is 17.0 Å². The molecule has 1 aromatic carbocycles. The van der Waals surface area contributed by atoms with E-state index in [4.69, 9.17) is 20.9 Å². The van der Waals surface area contributed by atoms with Crippen molar-refractivity contribution in [2.45, 2.75) is 26.3 Å². The van der Waals surface area contributed by atoms with Gasteiger partial charge in [-0.15, -0.1) is 0 Å². The molecule has 0 saturated heterocycles. The number of amides is 1. The minimum Gasteiger partial charge on any atom is -0.495 e. The van der Waals surface area contributed by atoms with Gasteiger partial charge in [0.1, 0.15) is 16.0 Å². The molecule has 4 N–H and O–H groups in total. The van der Waals surface area contributed by atoms with Crippen LogP contribution < -0.4 is 20.9 Å². The van der Waals surface area contributed by atoms with E-state index in [0.717, 1.165) is 5.56 Å². The third-order valence-corrected chi connectivity index (χ3v) is 4.06. The van der Waals surface area contributed by atoms with Crippen molar-refractivity contribution in [2.75, 3.05) is 14.2 Å². The average Bonchev–Trinajstić information content (AvgIpc) is 2.37. The van der Waals surface area contributed by atoms with Gasteiger partial charge in [0.25, 0.3) is 0 Å². The van der Waals surface area contributed by atoms with E-state index in [2.05, 4.69) is 15.9 Å². The van der Waals surface area contributed by atoms with Crippen LogP contribution in [0.2, 0.25) is 0 Å². The number of hydrogen-bond donors (Lipinski definition) is 2. The van der Waals surface area contributed by atoms with Crippen molar-refractivity contribution in [2.24, 2.45) is 16.9 Å². The van der Waals surface area contributed by atoms with E-state index in [0.29, 0.717) is 22.4 Å². The monoisotopic (exact) mass is 344 g/mol. The van der Waals surface area contributed by atoms with Crippen molar-refractivity contribution < 1.29 is 14.3 Å². The Bertz CT molecular complexity index is 503. The molecule has 1 atom stereocenters. The standard InChI is InChI=1S/C14H21BrN2O3/c1-14(2,13(17)18)7-9(16)8-5-6-10(19-3)11(15)12(8)20-4/h5-6,9H,7,16H2,1-4H3,(H2,17,18). The van der Waals surface area contributed by atoms with Crippen LogP contribution in [0.4, 0.5) is 0 Å². The van der Waals surface area contributed by atoms with Gasteiger partial charge in [-0.2, -0.15) is 0 Å². The summed E-state index contributed by atoms with van der Waals surface area (Å²) in [7, 11) is 3.14. The molecular formula is C14H21BrN2O3. The van der Waals surface area contributed by atoms with E-state index in [-0.39, 0.29) is 11.9 Å². The Morgan fingerprint density at radius 3 is 2.40 bits per heavy atom. The minimum absolute atomic E-state index is 0.366. The molecule has 1 amide bonds. The molecule has 1 unspecified atom stereocenters. The van der Waals surface area contributed by atoms with Gasteiger partial charge in [0.15, 0.2) is 0 Å². The molecule has 6 heteroatoms. The van der Waals surface area contributed by atoms with Crippen LogP contribution in [0.25, 0.3) is 0 Å². The van der Waals surface area contributed by atoms with Crippen LogP contribution in [0.3, 0.4) is 0 Å². The van der Waals surface area contributed by atoms with Gasteiger partial charge in [-0.25, -0.2) is 0 Å². The van der Waals surface area contributed by atoms with E-state index >= 15 is 0 Å². The molecule has 5 nitrogen and oxygen atoms in total. The van der Waals surface area contributed by atoms with Crippen molar-refractivity contribution in [3.05, 3.63) is 22.2 Å². The zero-order valence-corrected chi connectivity index (χ0v) is 13.8. The average molecular weight is 345 g/mol. The molecule has 112 valence electrons. The summed E-state index contributed by atoms with van der Waals surface area (Å²) in [6, 6.07) is 3.28. The molecule has 1 rings (SSSR count). The Hall–Kier alpha value is -1.27. The fourth-order valence-electron chi connectivity index (χ4n) is 1.97. The molecule has 0 aromatic heterocycles. The zero-order valence-electron chi connectivity index (χ0n) is 12.2. The van der Waals surface area contributed by atoms with Gasteiger partial charge >= 0.3 is 0 Å². The highest BCUT2D eigenvalue weighted by molar-refractivity contribution is 9.10. The summed E-state index contributed by atoms with van der Waals surface area (Å²) in [4.78, 5) is 11.4. The fourth-order valence-corrected chi connectivity index (χ4v) is 2.66. The second kappa shape index (κ2) is 6.45. The summed E-state index contributed by atoms with van der Waals surface area (Å²) in [5.41, 5.74) is 11.7. The van der Waals surface area contributed by atoms with Crippen LogP contribution in [0, 0.1) is 5.41 Å². The van der Waals surface area contributed by atoms with E-state index < -0.39 is 5.41 Å². The second-order valence-corrected chi connectivity index (χ2v) is 6.06. The second-order valence-electron chi connectivity index (χ2n) is 5.26. The predicted molar refractivity (Wildman–Crippen MR) is 81.8 cm³/mol. The molecule has 0 bridgehead atoms. The minimum atomic E-state index is -0.684. The highest BCUT2D eigenvalue weighted by atomic mass is 79.9. The molecular weight excluding hydrogens is 324 g/mol. The van der Waals surface area contributed by atoms with Gasteiger partial charge in [0.2, 0.25) is 5.91 Å².